The van der Waals surface area contributed by atoms with E-state index in [0.29, 0.717) is 5.82 Å². The molecule has 1 atom stereocenters. The van der Waals surface area contributed by atoms with Gasteiger partial charge in [0.2, 0.25) is 0 Å². The molecule has 96 valence electrons. The van der Waals surface area contributed by atoms with Crippen molar-refractivity contribution in [1.82, 2.24) is 20.2 Å². The third-order valence-corrected chi connectivity index (χ3v) is 2.12. The Hall–Kier alpha value is -1.73. The van der Waals surface area contributed by atoms with Crippen LogP contribution in [-0.2, 0) is 6.54 Å². The second kappa shape index (κ2) is 5.07. The van der Waals surface area contributed by atoms with Gasteiger partial charge in [-0.25, -0.2) is 9.78 Å². The number of hydrogen-bond acceptors (Lipinski definition) is 2. The Labute approximate surface area is 96.0 Å². The van der Waals surface area contributed by atoms with Crippen molar-refractivity contribution in [2.75, 3.05) is 7.05 Å². The van der Waals surface area contributed by atoms with Crippen molar-refractivity contribution in [1.29, 1.82) is 0 Å². The normalized spacial score (nSPS) is 13.2. The molecule has 1 aromatic heterocycles. The maximum absolute atomic E-state index is 12.2. The van der Waals surface area contributed by atoms with Crippen LogP contribution in [0.1, 0.15) is 12.7 Å². The zero-order valence-electron chi connectivity index (χ0n) is 9.38. The van der Waals surface area contributed by atoms with Crippen LogP contribution in [0.2, 0.25) is 0 Å². The van der Waals surface area contributed by atoms with Crippen LogP contribution in [-0.4, -0.2) is 40.2 Å². The first kappa shape index (κ1) is 13.3. The van der Waals surface area contributed by atoms with Crippen molar-refractivity contribution in [3.63, 3.8) is 0 Å². The molecular formula is C9H13F3N4O. The summed E-state index contributed by atoms with van der Waals surface area (Å²) in [6.07, 6.45) is -1.37. The Kier molecular flexibility index (Phi) is 3.97. The van der Waals surface area contributed by atoms with E-state index in [1.54, 1.807) is 6.20 Å². The fourth-order valence-electron chi connectivity index (χ4n) is 1.06. The molecule has 0 saturated carbocycles. The Morgan fingerprint density at radius 2 is 2.29 bits per heavy atom. The quantitative estimate of drug-likeness (QED) is 0.854. The maximum atomic E-state index is 12.2. The lowest BCUT2D eigenvalue weighted by molar-refractivity contribution is -0.149. The number of imidazole rings is 1. The molecule has 0 fully saturated rings. The Balaban J connectivity index is 2.48. The second-order valence-electron chi connectivity index (χ2n) is 3.60. The molecule has 0 aliphatic heterocycles. The van der Waals surface area contributed by atoms with E-state index in [-0.39, 0.29) is 6.54 Å². The number of halogens is 3. The van der Waals surface area contributed by atoms with Gasteiger partial charge in [-0.05, 0) is 6.92 Å². The number of nitrogens with one attached hydrogen (secondary N) is 2. The molecule has 0 unspecified atom stereocenters. The zero-order valence-corrected chi connectivity index (χ0v) is 9.38. The number of carbonyl (C=O) groups excluding carboxylic acids is 1. The molecule has 1 rings (SSSR count). The molecule has 0 spiro atoms. The molecule has 17 heavy (non-hydrogen) atoms. The monoisotopic (exact) mass is 250 g/mol. The van der Waals surface area contributed by atoms with Gasteiger partial charge in [0.15, 0.2) is 0 Å². The highest BCUT2D eigenvalue weighted by molar-refractivity contribution is 5.74. The van der Waals surface area contributed by atoms with Gasteiger partial charge >= 0.3 is 12.2 Å². The first-order valence-corrected chi connectivity index (χ1v) is 4.87. The smallest absolute Gasteiger partial charge is 0.347 e. The van der Waals surface area contributed by atoms with Gasteiger partial charge in [-0.3, -0.25) is 0 Å². The van der Waals surface area contributed by atoms with Crippen LogP contribution in [0, 0.1) is 0 Å². The SMILES string of the molecule is C[C@@H](NC(=O)N(C)Cc1ncc[nH]1)C(F)(F)F. The number of rotatable bonds is 3. The van der Waals surface area contributed by atoms with Gasteiger partial charge < -0.3 is 15.2 Å². The highest BCUT2D eigenvalue weighted by atomic mass is 19.4. The molecule has 0 radical (unpaired) electrons. The molecule has 1 heterocycles. The van der Waals surface area contributed by atoms with Gasteiger partial charge in [0.25, 0.3) is 0 Å². The summed E-state index contributed by atoms with van der Waals surface area (Å²) in [5, 5.41) is 1.85. The topological polar surface area (TPSA) is 61.0 Å². The number of urea groups is 1. The van der Waals surface area contributed by atoms with E-state index in [1.807, 2.05) is 5.32 Å². The van der Waals surface area contributed by atoms with Gasteiger partial charge in [0.1, 0.15) is 11.9 Å². The van der Waals surface area contributed by atoms with Crippen molar-refractivity contribution in [2.24, 2.45) is 0 Å². The summed E-state index contributed by atoms with van der Waals surface area (Å²) in [6.45, 7) is 1.00. The van der Waals surface area contributed by atoms with Crippen LogP contribution in [0.25, 0.3) is 0 Å². The van der Waals surface area contributed by atoms with Crippen molar-refractivity contribution in [3.05, 3.63) is 18.2 Å². The third-order valence-electron chi connectivity index (χ3n) is 2.12. The van der Waals surface area contributed by atoms with Crippen molar-refractivity contribution < 1.29 is 18.0 Å². The number of amides is 2. The standard InChI is InChI=1S/C9H13F3N4O/c1-6(9(10,11)12)15-8(17)16(2)5-7-13-3-4-14-7/h3-4,6H,5H2,1-2H3,(H,13,14)(H,15,17)/t6-/m1/s1. The first-order valence-electron chi connectivity index (χ1n) is 4.87. The van der Waals surface area contributed by atoms with Crippen molar-refractivity contribution in [3.8, 4) is 0 Å². The minimum atomic E-state index is -4.44. The number of aromatic amines is 1. The molecular weight excluding hydrogens is 237 g/mol. The fraction of sp³-hybridized carbons (Fsp3) is 0.556. The highest BCUT2D eigenvalue weighted by Crippen LogP contribution is 2.19. The summed E-state index contributed by atoms with van der Waals surface area (Å²) < 4.78 is 36.6. The minimum Gasteiger partial charge on any atom is -0.347 e. The van der Waals surface area contributed by atoms with E-state index >= 15 is 0 Å². The molecule has 2 amide bonds. The van der Waals surface area contributed by atoms with Crippen LogP contribution in [0.5, 0.6) is 0 Å². The van der Waals surface area contributed by atoms with E-state index in [9.17, 15) is 18.0 Å². The number of aromatic nitrogens is 2. The van der Waals surface area contributed by atoms with Crippen LogP contribution < -0.4 is 5.32 Å². The molecule has 0 aliphatic rings. The average molecular weight is 250 g/mol. The molecule has 0 bridgehead atoms. The number of alkyl halides is 3. The summed E-state index contributed by atoms with van der Waals surface area (Å²) in [6, 6.07) is -2.68. The van der Waals surface area contributed by atoms with E-state index in [1.165, 1.54) is 13.2 Å². The largest absolute Gasteiger partial charge is 0.408 e. The predicted octanol–water partition coefficient (Wildman–Crippen LogP) is 1.50. The zero-order chi connectivity index (χ0) is 13.1. The molecule has 0 saturated heterocycles. The van der Waals surface area contributed by atoms with Gasteiger partial charge in [0, 0.05) is 19.4 Å². The molecule has 1 aromatic rings. The van der Waals surface area contributed by atoms with Gasteiger partial charge in [-0.2, -0.15) is 13.2 Å². The molecule has 5 nitrogen and oxygen atoms in total. The third kappa shape index (κ3) is 3.97. The van der Waals surface area contributed by atoms with Crippen molar-refractivity contribution >= 4 is 6.03 Å². The lowest BCUT2D eigenvalue weighted by Gasteiger charge is -2.22. The predicted molar refractivity (Wildman–Crippen MR) is 54.1 cm³/mol. The van der Waals surface area contributed by atoms with Crippen LogP contribution in [0.15, 0.2) is 12.4 Å². The van der Waals surface area contributed by atoms with E-state index in [4.69, 9.17) is 0 Å². The van der Waals surface area contributed by atoms with Crippen LogP contribution in [0.4, 0.5) is 18.0 Å². The average Bonchev–Trinajstić information content (AvgIpc) is 2.68. The Morgan fingerprint density at radius 1 is 1.65 bits per heavy atom. The Bertz CT molecular complexity index is 363. The molecule has 0 aliphatic carbocycles. The minimum absolute atomic E-state index is 0.114. The number of H-pyrrole nitrogens is 1. The fourth-order valence-corrected chi connectivity index (χ4v) is 1.06. The lowest BCUT2D eigenvalue weighted by atomic mass is 10.3. The highest BCUT2D eigenvalue weighted by Gasteiger charge is 2.37. The van der Waals surface area contributed by atoms with E-state index in [2.05, 4.69) is 9.97 Å². The second-order valence-corrected chi connectivity index (χ2v) is 3.60. The summed E-state index contributed by atoms with van der Waals surface area (Å²) >= 11 is 0. The maximum Gasteiger partial charge on any atom is 0.408 e. The van der Waals surface area contributed by atoms with Gasteiger partial charge in [-0.1, -0.05) is 0 Å². The van der Waals surface area contributed by atoms with Crippen LogP contribution in [0.3, 0.4) is 0 Å². The number of carbonyl (C=O) groups is 1. The Morgan fingerprint density at radius 3 is 2.76 bits per heavy atom. The van der Waals surface area contributed by atoms with E-state index < -0.39 is 18.2 Å². The summed E-state index contributed by atoms with van der Waals surface area (Å²) in [4.78, 5) is 19.1. The summed E-state index contributed by atoms with van der Waals surface area (Å²) in [5.41, 5.74) is 0. The van der Waals surface area contributed by atoms with Crippen molar-refractivity contribution in [2.45, 2.75) is 25.7 Å². The summed E-state index contributed by atoms with van der Waals surface area (Å²) in [7, 11) is 1.39. The number of hydrogen-bond donors (Lipinski definition) is 2. The van der Waals surface area contributed by atoms with E-state index in [0.717, 1.165) is 11.8 Å². The van der Waals surface area contributed by atoms with Gasteiger partial charge in [0.05, 0.1) is 6.54 Å². The molecule has 2 N–H and O–H groups in total. The molecule has 8 heteroatoms. The van der Waals surface area contributed by atoms with Crippen LogP contribution >= 0.6 is 0 Å². The number of nitrogens with zero attached hydrogens (tertiary/aromatic N) is 2. The molecule has 0 aromatic carbocycles. The first-order chi connectivity index (χ1) is 7.80. The van der Waals surface area contributed by atoms with Gasteiger partial charge in [-0.15, -0.1) is 0 Å². The summed E-state index contributed by atoms with van der Waals surface area (Å²) in [5.74, 6) is 0.502. The lowest BCUT2D eigenvalue weighted by Crippen LogP contribution is -2.47.